The first-order valence-electron chi connectivity index (χ1n) is 10.8. The van der Waals surface area contributed by atoms with E-state index in [2.05, 4.69) is 26.8 Å². The van der Waals surface area contributed by atoms with Crippen molar-refractivity contribution in [3.63, 3.8) is 0 Å². The summed E-state index contributed by atoms with van der Waals surface area (Å²) in [5, 5.41) is 9.55. The number of ether oxygens (including phenoxy) is 1. The van der Waals surface area contributed by atoms with Crippen LogP contribution in [0.5, 0.6) is 0 Å². The first-order valence-corrected chi connectivity index (χ1v) is 10.8. The third-order valence-electron chi connectivity index (χ3n) is 10.7. The highest BCUT2D eigenvalue weighted by molar-refractivity contribution is 5.26. The van der Waals surface area contributed by atoms with E-state index in [9.17, 15) is 5.26 Å². The molecule has 2 nitrogen and oxygen atoms in total. The summed E-state index contributed by atoms with van der Waals surface area (Å²) in [4.78, 5) is 0. The van der Waals surface area contributed by atoms with Gasteiger partial charge < -0.3 is 4.74 Å². The Morgan fingerprint density at radius 1 is 1.08 bits per heavy atom. The molecule has 25 heavy (non-hydrogen) atoms. The second-order valence-corrected chi connectivity index (χ2v) is 10.9. The zero-order valence-electron chi connectivity index (χ0n) is 16.6. The lowest BCUT2D eigenvalue weighted by atomic mass is 9.45. The van der Waals surface area contributed by atoms with Gasteiger partial charge in [0.1, 0.15) is 0 Å². The van der Waals surface area contributed by atoms with Crippen LogP contribution < -0.4 is 0 Å². The maximum atomic E-state index is 9.55. The van der Waals surface area contributed by atoms with Crippen molar-refractivity contribution in [2.24, 2.45) is 51.8 Å². The minimum atomic E-state index is 0.217. The predicted octanol–water partition coefficient (Wildman–Crippen LogP) is 5.43. The van der Waals surface area contributed by atoms with Crippen LogP contribution in [-0.4, -0.2) is 13.2 Å². The molecule has 2 heteroatoms. The number of hydrogen-bond donors (Lipinski definition) is 0. The van der Waals surface area contributed by atoms with Crippen LogP contribution in [0.15, 0.2) is 0 Å². The van der Waals surface area contributed by atoms with Crippen LogP contribution in [0.3, 0.4) is 0 Å². The zero-order chi connectivity index (χ0) is 17.6. The molecule has 0 aliphatic heterocycles. The second-order valence-electron chi connectivity index (χ2n) is 10.9. The normalized spacial score (nSPS) is 60.0. The molecular weight excluding hydrogens is 306 g/mol. The van der Waals surface area contributed by atoms with E-state index in [1.165, 1.54) is 51.4 Å². The molecule has 10 atom stereocenters. The maximum Gasteiger partial charge on any atom is 0.0656 e. The number of methoxy groups -OCH3 is 1. The molecule has 138 valence electrons. The van der Waals surface area contributed by atoms with Gasteiger partial charge in [0.25, 0.3) is 0 Å². The van der Waals surface area contributed by atoms with E-state index in [-0.39, 0.29) is 5.92 Å². The molecule has 1 spiro atoms. The molecule has 0 amide bonds. The molecule has 0 aromatic heterocycles. The first-order chi connectivity index (χ1) is 11.9. The highest BCUT2D eigenvalue weighted by atomic mass is 16.5. The van der Waals surface area contributed by atoms with Gasteiger partial charge in [-0.25, -0.2) is 0 Å². The van der Waals surface area contributed by atoms with E-state index in [0.29, 0.717) is 28.3 Å². The predicted molar refractivity (Wildman–Crippen MR) is 98.6 cm³/mol. The summed E-state index contributed by atoms with van der Waals surface area (Å²) in [5.41, 5.74) is 1.47. The minimum absolute atomic E-state index is 0.217. The Morgan fingerprint density at radius 3 is 2.56 bits per heavy atom. The van der Waals surface area contributed by atoms with E-state index >= 15 is 0 Å². The lowest BCUT2D eigenvalue weighted by molar-refractivity contribution is -0.160. The number of rotatable bonds is 2. The van der Waals surface area contributed by atoms with Gasteiger partial charge in [-0.05, 0) is 98.7 Å². The fraction of sp³-hybridized carbons (Fsp3) is 0.957. The maximum absolute atomic E-state index is 9.55. The van der Waals surface area contributed by atoms with Crippen LogP contribution in [0.4, 0.5) is 0 Å². The van der Waals surface area contributed by atoms with E-state index < -0.39 is 0 Å². The van der Waals surface area contributed by atoms with Gasteiger partial charge in [-0.1, -0.05) is 13.8 Å². The smallest absolute Gasteiger partial charge is 0.0656 e. The molecule has 5 fully saturated rings. The molecule has 0 saturated heterocycles. The number of hydrogen-bond acceptors (Lipinski definition) is 2. The summed E-state index contributed by atoms with van der Waals surface area (Å²) in [7, 11) is 1.98. The summed E-state index contributed by atoms with van der Waals surface area (Å²) in [5.74, 6) is 4.39. The van der Waals surface area contributed by atoms with Crippen molar-refractivity contribution < 1.29 is 4.74 Å². The third-order valence-corrected chi connectivity index (χ3v) is 10.7. The molecule has 0 radical (unpaired) electrons. The van der Waals surface area contributed by atoms with Crippen molar-refractivity contribution in [2.75, 3.05) is 7.11 Å². The van der Waals surface area contributed by atoms with Crippen LogP contribution in [0, 0.1) is 63.1 Å². The summed E-state index contributed by atoms with van der Waals surface area (Å²) in [6.07, 6.45) is 11.6. The Morgan fingerprint density at radius 2 is 1.88 bits per heavy atom. The molecular formula is C23H35NO. The van der Waals surface area contributed by atoms with Crippen molar-refractivity contribution in [3.8, 4) is 6.07 Å². The quantitative estimate of drug-likeness (QED) is 0.671. The van der Waals surface area contributed by atoms with Crippen molar-refractivity contribution in [1.29, 1.82) is 5.26 Å². The Hall–Kier alpha value is -0.550. The summed E-state index contributed by atoms with van der Waals surface area (Å²) in [6, 6.07) is 2.59. The van der Waals surface area contributed by atoms with Crippen molar-refractivity contribution >= 4 is 0 Å². The second kappa shape index (κ2) is 5.03. The lowest BCUT2D eigenvalue weighted by Crippen LogP contribution is -2.57. The van der Waals surface area contributed by atoms with Crippen LogP contribution in [-0.2, 0) is 4.74 Å². The number of nitrogens with zero attached hydrogens (tertiary/aromatic N) is 1. The molecule has 0 N–H and O–H groups in total. The molecule has 0 unspecified atom stereocenters. The van der Waals surface area contributed by atoms with Crippen molar-refractivity contribution in [3.05, 3.63) is 0 Å². The average Bonchev–Trinajstić information content (AvgIpc) is 3.12. The summed E-state index contributed by atoms with van der Waals surface area (Å²) >= 11 is 0. The Labute approximate surface area is 153 Å². The average molecular weight is 342 g/mol. The van der Waals surface area contributed by atoms with Crippen LogP contribution >= 0.6 is 0 Å². The molecule has 0 aromatic carbocycles. The van der Waals surface area contributed by atoms with Gasteiger partial charge in [-0.2, -0.15) is 5.26 Å². The lowest BCUT2D eigenvalue weighted by Gasteiger charge is -2.60. The summed E-state index contributed by atoms with van der Waals surface area (Å²) in [6.45, 7) is 7.36. The Kier molecular flexibility index (Phi) is 3.35. The highest BCUT2D eigenvalue weighted by Crippen LogP contribution is 2.82. The number of fused-ring (bicyclic) bond motifs is 4. The van der Waals surface area contributed by atoms with Crippen molar-refractivity contribution in [2.45, 2.75) is 78.2 Å². The molecule has 5 saturated carbocycles. The van der Waals surface area contributed by atoms with Gasteiger partial charge in [0.2, 0.25) is 0 Å². The third kappa shape index (κ3) is 1.75. The highest BCUT2D eigenvalue weighted by Gasteiger charge is 2.77. The largest absolute Gasteiger partial charge is 0.381 e. The van der Waals surface area contributed by atoms with Crippen molar-refractivity contribution in [1.82, 2.24) is 0 Å². The van der Waals surface area contributed by atoms with Gasteiger partial charge >= 0.3 is 0 Å². The van der Waals surface area contributed by atoms with Gasteiger partial charge in [-0.15, -0.1) is 0 Å². The standard InChI is InChI=1S/C23H35NO/c1-14(13-24)17-5-6-18-16-11-20(25-4)23-12-15(23)7-10-22(23,3)19(16)8-9-21(17,18)2/h14-20H,5-12H2,1-4H3/t14-,15-,16+,17-,18+,19+,20-,21-,22-,23+/m1/s1. The SMILES string of the molecule is CO[C@@H]1C[C@H]2[C@@H]3CC[C@H]([C@H](C)C#N)[C@@]3(C)CC[C@@H]2[C@@]2(C)CC[C@@H]3C[C@]312. The number of nitriles is 1. The molecule has 5 aliphatic rings. The topological polar surface area (TPSA) is 33.0 Å². The summed E-state index contributed by atoms with van der Waals surface area (Å²) < 4.78 is 6.19. The van der Waals surface area contributed by atoms with E-state index in [4.69, 9.17) is 4.74 Å². The Balaban J connectivity index is 1.51. The Bertz CT molecular complexity index is 624. The molecule has 0 bridgehead atoms. The van der Waals surface area contributed by atoms with E-state index in [1.807, 2.05) is 7.11 Å². The van der Waals surface area contributed by atoms with E-state index in [0.717, 1.165) is 23.7 Å². The molecule has 0 heterocycles. The fourth-order valence-electron chi connectivity index (χ4n) is 9.53. The first kappa shape index (κ1) is 16.6. The van der Waals surface area contributed by atoms with Crippen LogP contribution in [0.25, 0.3) is 0 Å². The fourth-order valence-corrected chi connectivity index (χ4v) is 9.53. The van der Waals surface area contributed by atoms with Crippen LogP contribution in [0.2, 0.25) is 0 Å². The van der Waals surface area contributed by atoms with Gasteiger partial charge in [-0.3, -0.25) is 0 Å². The van der Waals surface area contributed by atoms with Crippen LogP contribution in [0.1, 0.15) is 72.1 Å². The molecule has 5 rings (SSSR count). The van der Waals surface area contributed by atoms with Gasteiger partial charge in [0.15, 0.2) is 0 Å². The van der Waals surface area contributed by atoms with Gasteiger partial charge in [0, 0.05) is 18.4 Å². The monoisotopic (exact) mass is 341 g/mol. The minimum Gasteiger partial charge on any atom is -0.381 e. The van der Waals surface area contributed by atoms with E-state index in [1.54, 1.807) is 0 Å². The molecule has 5 aliphatic carbocycles. The molecule has 0 aromatic rings. The zero-order valence-corrected chi connectivity index (χ0v) is 16.6. The van der Waals surface area contributed by atoms with Gasteiger partial charge in [0.05, 0.1) is 12.2 Å².